The van der Waals surface area contributed by atoms with Crippen LogP contribution in [0.25, 0.3) is 5.69 Å². The predicted octanol–water partition coefficient (Wildman–Crippen LogP) is 3.35. The molecule has 2 rings (SSSR count). The quantitative estimate of drug-likeness (QED) is 0.909. The maximum absolute atomic E-state index is 10.3. The Bertz CT molecular complexity index is 571. The molecule has 1 heterocycles. The summed E-state index contributed by atoms with van der Waals surface area (Å²) in [5, 5.41) is 14.9. The van der Waals surface area contributed by atoms with Gasteiger partial charge in [0.25, 0.3) is 0 Å². The van der Waals surface area contributed by atoms with Gasteiger partial charge in [0.2, 0.25) is 0 Å². The maximum Gasteiger partial charge on any atom is 0.160 e. The molecule has 0 fully saturated rings. The third kappa shape index (κ3) is 2.79. The fourth-order valence-electron chi connectivity index (χ4n) is 2.27. The summed E-state index contributed by atoms with van der Waals surface area (Å²) in [5.74, 6) is 1.60. The van der Waals surface area contributed by atoms with Gasteiger partial charge in [0.1, 0.15) is 11.4 Å². The molecule has 1 aromatic heterocycles. The van der Waals surface area contributed by atoms with Gasteiger partial charge in [-0.25, -0.2) is 4.68 Å². The smallest absolute Gasteiger partial charge is 0.160 e. The van der Waals surface area contributed by atoms with E-state index in [1.54, 1.807) is 7.11 Å². The fourth-order valence-corrected chi connectivity index (χ4v) is 2.27. The molecule has 0 radical (unpaired) electrons. The predicted molar refractivity (Wildman–Crippen MR) is 79.7 cm³/mol. The molecule has 0 bridgehead atoms. The SMILES string of the molecule is CCc1c(O)c(CC(C)C)nn1-c1ccc(OC)cc1. The van der Waals surface area contributed by atoms with Crippen LogP contribution in [-0.4, -0.2) is 22.0 Å². The highest BCUT2D eigenvalue weighted by atomic mass is 16.5. The van der Waals surface area contributed by atoms with E-state index in [0.29, 0.717) is 11.7 Å². The summed E-state index contributed by atoms with van der Waals surface area (Å²) in [6.45, 7) is 6.27. The van der Waals surface area contributed by atoms with Gasteiger partial charge in [-0.3, -0.25) is 0 Å². The van der Waals surface area contributed by atoms with E-state index >= 15 is 0 Å². The van der Waals surface area contributed by atoms with Crippen LogP contribution in [0.5, 0.6) is 11.5 Å². The summed E-state index contributed by atoms with van der Waals surface area (Å²) in [5.41, 5.74) is 2.56. The molecule has 0 spiro atoms. The number of hydrogen-bond acceptors (Lipinski definition) is 3. The molecule has 1 N–H and O–H groups in total. The summed E-state index contributed by atoms with van der Waals surface area (Å²) in [4.78, 5) is 0. The Morgan fingerprint density at radius 3 is 2.40 bits per heavy atom. The van der Waals surface area contributed by atoms with E-state index in [1.807, 2.05) is 35.9 Å². The van der Waals surface area contributed by atoms with Gasteiger partial charge in [-0.1, -0.05) is 20.8 Å². The molecule has 4 heteroatoms. The molecule has 0 amide bonds. The third-order valence-electron chi connectivity index (χ3n) is 3.28. The average molecular weight is 274 g/mol. The standard InChI is InChI=1S/C16H22N2O2/c1-5-15-16(19)14(10-11(2)3)17-18(15)12-6-8-13(20-4)9-7-12/h6-9,11,19H,5,10H2,1-4H3. The highest BCUT2D eigenvalue weighted by molar-refractivity contribution is 5.43. The normalized spacial score (nSPS) is 11.1. The van der Waals surface area contributed by atoms with Crippen molar-refractivity contribution in [3.05, 3.63) is 35.7 Å². The van der Waals surface area contributed by atoms with Gasteiger partial charge < -0.3 is 9.84 Å². The highest BCUT2D eigenvalue weighted by Crippen LogP contribution is 2.28. The van der Waals surface area contributed by atoms with Crippen molar-refractivity contribution in [2.45, 2.75) is 33.6 Å². The third-order valence-corrected chi connectivity index (χ3v) is 3.28. The lowest BCUT2D eigenvalue weighted by Crippen LogP contribution is -2.02. The number of ether oxygens (including phenoxy) is 1. The van der Waals surface area contributed by atoms with Crippen molar-refractivity contribution in [1.82, 2.24) is 9.78 Å². The Balaban J connectivity index is 2.43. The zero-order chi connectivity index (χ0) is 14.7. The molecule has 0 aliphatic carbocycles. The number of methoxy groups -OCH3 is 1. The molecule has 20 heavy (non-hydrogen) atoms. The van der Waals surface area contributed by atoms with Crippen LogP contribution >= 0.6 is 0 Å². The largest absolute Gasteiger partial charge is 0.504 e. The maximum atomic E-state index is 10.3. The molecule has 0 atom stereocenters. The molecule has 0 unspecified atom stereocenters. The summed E-state index contributed by atoms with van der Waals surface area (Å²) >= 11 is 0. The van der Waals surface area contributed by atoms with Crippen LogP contribution in [0.4, 0.5) is 0 Å². The topological polar surface area (TPSA) is 47.3 Å². The van der Waals surface area contributed by atoms with Gasteiger partial charge in [0.15, 0.2) is 5.75 Å². The van der Waals surface area contributed by atoms with Crippen LogP contribution in [-0.2, 0) is 12.8 Å². The lowest BCUT2D eigenvalue weighted by molar-refractivity contribution is 0.414. The fraction of sp³-hybridized carbons (Fsp3) is 0.438. The second-order valence-corrected chi connectivity index (χ2v) is 5.30. The summed E-state index contributed by atoms with van der Waals surface area (Å²) in [6.07, 6.45) is 1.52. The molecule has 1 aromatic carbocycles. The first kappa shape index (κ1) is 14.4. The van der Waals surface area contributed by atoms with E-state index in [1.165, 1.54) is 0 Å². The Morgan fingerprint density at radius 2 is 1.90 bits per heavy atom. The first-order valence-corrected chi connectivity index (χ1v) is 7.01. The van der Waals surface area contributed by atoms with E-state index in [4.69, 9.17) is 4.74 Å². The van der Waals surface area contributed by atoms with Crippen LogP contribution in [0.3, 0.4) is 0 Å². The van der Waals surface area contributed by atoms with Crippen molar-refractivity contribution < 1.29 is 9.84 Å². The molecule has 4 nitrogen and oxygen atoms in total. The Kier molecular flexibility index (Phi) is 4.32. The number of aromatic nitrogens is 2. The highest BCUT2D eigenvalue weighted by Gasteiger charge is 2.17. The van der Waals surface area contributed by atoms with Gasteiger partial charge >= 0.3 is 0 Å². The van der Waals surface area contributed by atoms with Crippen LogP contribution in [0, 0.1) is 5.92 Å². The number of benzene rings is 1. The first-order valence-electron chi connectivity index (χ1n) is 7.01. The number of rotatable bonds is 5. The van der Waals surface area contributed by atoms with E-state index in [-0.39, 0.29) is 0 Å². The first-order chi connectivity index (χ1) is 9.56. The van der Waals surface area contributed by atoms with Crippen LogP contribution < -0.4 is 4.74 Å². The second-order valence-electron chi connectivity index (χ2n) is 5.30. The van der Waals surface area contributed by atoms with Crippen molar-refractivity contribution in [3.8, 4) is 17.2 Å². The lowest BCUT2D eigenvalue weighted by atomic mass is 10.1. The zero-order valence-corrected chi connectivity index (χ0v) is 12.6. The number of nitrogens with zero attached hydrogens (tertiary/aromatic N) is 2. The minimum atomic E-state index is 0.331. The van der Waals surface area contributed by atoms with Crippen molar-refractivity contribution in [1.29, 1.82) is 0 Å². The minimum Gasteiger partial charge on any atom is -0.504 e. The molecule has 0 saturated carbocycles. The number of aromatic hydroxyl groups is 1. The molecular weight excluding hydrogens is 252 g/mol. The zero-order valence-electron chi connectivity index (χ0n) is 12.6. The van der Waals surface area contributed by atoms with Crippen molar-refractivity contribution in [2.24, 2.45) is 5.92 Å². The average Bonchev–Trinajstić information content (AvgIpc) is 2.75. The monoisotopic (exact) mass is 274 g/mol. The van der Waals surface area contributed by atoms with Gasteiger partial charge in [0, 0.05) is 0 Å². The molecular formula is C16H22N2O2. The van der Waals surface area contributed by atoms with E-state index in [9.17, 15) is 5.11 Å². The summed E-state index contributed by atoms with van der Waals surface area (Å²) in [7, 11) is 1.65. The van der Waals surface area contributed by atoms with E-state index in [0.717, 1.165) is 35.7 Å². The van der Waals surface area contributed by atoms with Gasteiger partial charge in [0.05, 0.1) is 18.5 Å². The minimum absolute atomic E-state index is 0.331. The molecule has 0 saturated heterocycles. The Morgan fingerprint density at radius 1 is 1.25 bits per heavy atom. The Labute approximate surface area is 120 Å². The Hall–Kier alpha value is -1.97. The van der Waals surface area contributed by atoms with Crippen molar-refractivity contribution in [3.63, 3.8) is 0 Å². The summed E-state index contributed by atoms with van der Waals surface area (Å²) in [6, 6.07) is 7.69. The van der Waals surface area contributed by atoms with Crippen LogP contribution in [0.1, 0.15) is 32.2 Å². The van der Waals surface area contributed by atoms with E-state index in [2.05, 4.69) is 18.9 Å². The van der Waals surface area contributed by atoms with Crippen LogP contribution in [0.15, 0.2) is 24.3 Å². The molecule has 0 aliphatic rings. The van der Waals surface area contributed by atoms with Crippen LogP contribution in [0.2, 0.25) is 0 Å². The molecule has 108 valence electrons. The van der Waals surface area contributed by atoms with E-state index < -0.39 is 0 Å². The van der Waals surface area contributed by atoms with Gasteiger partial charge in [-0.15, -0.1) is 0 Å². The summed E-state index contributed by atoms with van der Waals surface area (Å²) < 4.78 is 6.99. The molecule has 2 aromatic rings. The van der Waals surface area contributed by atoms with Gasteiger partial charge in [-0.05, 0) is 43.0 Å². The number of hydrogen-bond donors (Lipinski definition) is 1. The lowest BCUT2D eigenvalue weighted by Gasteiger charge is -2.06. The second kappa shape index (κ2) is 5.99. The van der Waals surface area contributed by atoms with Crippen molar-refractivity contribution >= 4 is 0 Å². The van der Waals surface area contributed by atoms with Gasteiger partial charge in [-0.2, -0.15) is 5.10 Å². The van der Waals surface area contributed by atoms with Crippen molar-refractivity contribution in [2.75, 3.05) is 7.11 Å². The molecule has 0 aliphatic heterocycles.